The number of fused-ring (bicyclic) bond motifs is 3. The highest BCUT2D eigenvalue weighted by atomic mass is 16.7. The van der Waals surface area contributed by atoms with Crippen LogP contribution in [0.3, 0.4) is 0 Å². The van der Waals surface area contributed by atoms with Crippen molar-refractivity contribution in [1.82, 2.24) is 4.57 Å². The van der Waals surface area contributed by atoms with Gasteiger partial charge in [0, 0.05) is 21.9 Å². The van der Waals surface area contributed by atoms with Gasteiger partial charge >= 0.3 is 5.97 Å². The molecule has 2 heterocycles. The number of hydrogen-bond donors (Lipinski definition) is 0. The standard InChI is InChI=1S/C18H16N2O2/c1-11(2)18(21)22-19-15-10-20-16-9-4-3-6-12(16)13-7-5-8-14(15)17(13)20/h3-9,11H,10H2,1-2H3/b19-15+. The first kappa shape index (κ1) is 13.1. The second kappa shape index (κ2) is 4.70. The van der Waals surface area contributed by atoms with Crippen LogP contribution in [0, 0.1) is 5.92 Å². The Hall–Kier alpha value is -2.62. The van der Waals surface area contributed by atoms with E-state index in [2.05, 4.69) is 34.0 Å². The fourth-order valence-electron chi connectivity index (χ4n) is 3.02. The summed E-state index contributed by atoms with van der Waals surface area (Å²) in [5.74, 6) is -0.484. The first-order valence-corrected chi connectivity index (χ1v) is 7.45. The number of oxime groups is 1. The van der Waals surface area contributed by atoms with Crippen LogP contribution in [0.5, 0.6) is 0 Å². The summed E-state index contributed by atoms with van der Waals surface area (Å²) in [7, 11) is 0. The number of rotatable bonds is 2. The molecule has 0 spiro atoms. The van der Waals surface area contributed by atoms with Crippen LogP contribution in [0.15, 0.2) is 47.6 Å². The zero-order valence-electron chi connectivity index (χ0n) is 12.5. The molecule has 3 aromatic rings. The molecule has 22 heavy (non-hydrogen) atoms. The number of nitrogens with zero attached hydrogens (tertiary/aromatic N) is 2. The maximum Gasteiger partial charge on any atom is 0.337 e. The molecule has 0 bridgehead atoms. The van der Waals surface area contributed by atoms with E-state index in [-0.39, 0.29) is 11.9 Å². The van der Waals surface area contributed by atoms with Gasteiger partial charge in [-0.05, 0) is 6.07 Å². The summed E-state index contributed by atoms with van der Waals surface area (Å²) in [5, 5.41) is 6.57. The summed E-state index contributed by atoms with van der Waals surface area (Å²) in [6, 6.07) is 14.5. The molecule has 2 aromatic carbocycles. The third kappa shape index (κ3) is 1.77. The Morgan fingerprint density at radius 3 is 2.73 bits per heavy atom. The first-order valence-electron chi connectivity index (χ1n) is 7.45. The van der Waals surface area contributed by atoms with Gasteiger partial charge in [0.15, 0.2) is 0 Å². The van der Waals surface area contributed by atoms with Gasteiger partial charge in [-0.2, -0.15) is 0 Å². The molecule has 4 nitrogen and oxygen atoms in total. The highest BCUT2D eigenvalue weighted by molar-refractivity contribution is 6.21. The first-order chi connectivity index (χ1) is 10.7. The van der Waals surface area contributed by atoms with Crippen LogP contribution in [0.4, 0.5) is 0 Å². The van der Waals surface area contributed by atoms with Crippen LogP contribution in [-0.2, 0) is 16.2 Å². The van der Waals surface area contributed by atoms with Crippen molar-refractivity contribution in [3.8, 4) is 0 Å². The molecule has 1 aliphatic rings. The molecule has 4 heteroatoms. The molecule has 0 aliphatic carbocycles. The Morgan fingerprint density at radius 2 is 1.91 bits per heavy atom. The summed E-state index contributed by atoms with van der Waals surface area (Å²) in [6.45, 7) is 4.23. The van der Waals surface area contributed by atoms with Crippen molar-refractivity contribution in [2.75, 3.05) is 0 Å². The lowest BCUT2D eigenvalue weighted by atomic mass is 10.1. The van der Waals surface area contributed by atoms with E-state index in [0.717, 1.165) is 11.3 Å². The van der Waals surface area contributed by atoms with E-state index < -0.39 is 0 Å². The van der Waals surface area contributed by atoms with Gasteiger partial charge in [-0.3, -0.25) is 0 Å². The van der Waals surface area contributed by atoms with Crippen molar-refractivity contribution in [3.05, 3.63) is 48.0 Å². The molecule has 0 atom stereocenters. The van der Waals surface area contributed by atoms with E-state index in [1.807, 2.05) is 18.2 Å². The topological polar surface area (TPSA) is 43.6 Å². The van der Waals surface area contributed by atoms with Crippen LogP contribution >= 0.6 is 0 Å². The Morgan fingerprint density at radius 1 is 1.14 bits per heavy atom. The third-order valence-corrected chi connectivity index (χ3v) is 4.13. The summed E-state index contributed by atoms with van der Waals surface area (Å²) < 4.78 is 2.24. The monoisotopic (exact) mass is 292 g/mol. The molecule has 1 aromatic heterocycles. The number of aromatic nitrogens is 1. The van der Waals surface area contributed by atoms with Crippen LogP contribution in [0.1, 0.15) is 19.4 Å². The average molecular weight is 292 g/mol. The normalized spacial score (nSPS) is 15.3. The third-order valence-electron chi connectivity index (χ3n) is 4.13. The van der Waals surface area contributed by atoms with Crippen LogP contribution in [-0.4, -0.2) is 16.2 Å². The Labute approximate surface area is 128 Å². The highest BCUT2D eigenvalue weighted by Gasteiger charge is 2.24. The molecule has 0 unspecified atom stereocenters. The number of para-hydroxylation sites is 2. The lowest BCUT2D eigenvalue weighted by Crippen LogP contribution is -2.11. The summed E-state index contributed by atoms with van der Waals surface area (Å²) in [4.78, 5) is 16.7. The fourth-order valence-corrected chi connectivity index (χ4v) is 3.02. The molecule has 0 saturated heterocycles. The summed E-state index contributed by atoms with van der Waals surface area (Å²) >= 11 is 0. The molecular weight excluding hydrogens is 276 g/mol. The van der Waals surface area contributed by atoms with Crippen LogP contribution in [0.25, 0.3) is 21.8 Å². The molecule has 110 valence electrons. The van der Waals surface area contributed by atoms with Crippen LogP contribution < -0.4 is 0 Å². The van der Waals surface area contributed by atoms with Gasteiger partial charge in [0.1, 0.15) is 5.71 Å². The molecule has 0 fully saturated rings. The van der Waals surface area contributed by atoms with Gasteiger partial charge in [0.25, 0.3) is 0 Å². The quantitative estimate of drug-likeness (QED) is 0.534. The second-order valence-corrected chi connectivity index (χ2v) is 5.91. The minimum Gasteiger partial charge on any atom is -0.334 e. The van der Waals surface area contributed by atoms with Crippen LogP contribution in [0.2, 0.25) is 0 Å². The van der Waals surface area contributed by atoms with Crippen molar-refractivity contribution in [3.63, 3.8) is 0 Å². The zero-order valence-corrected chi connectivity index (χ0v) is 12.5. The van der Waals surface area contributed by atoms with Gasteiger partial charge in [0.2, 0.25) is 0 Å². The minimum atomic E-state index is -0.305. The van der Waals surface area contributed by atoms with Crippen molar-refractivity contribution in [1.29, 1.82) is 0 Å². The lowest BCUT2D eigenvalue weighted by molar-refractivity contribution is -0.147. The number of carbonyl (C=O) groups is 1. The highest BCUT2D eigenvalue weighted by Crippen LogP contribution is 2.35. The van der Waals surface area contributed by atoms with Gasteiger partial charge in [-0.15, -0.1) is 0 Å². The number of carbonyl (C=O) groups excluding carboxylic acids is 1. The van der Waals surface area contributed by atoms with Gasteiger partial charge in [0.05, 0.1) is 18.0 Å². The largest absolute Gasteiger partial charge is 0.337 e. The molecule has 0 amide bonds. The Kier molecular flexibility index (Phi) is 2.79. The molecule has 1 aliphatic heterocycles. The Bertz CT molecular complexity index is 935. The molecule has 0 radical (unpaired) electrons. The average Bonchev–Trinajstić information content (AvgIpc) is 3.06. The Balaban J connectivity index is 1.87. The van der Waals surface area contributed by atoms with Crippen molar-refractivity contribution in [2.24, 2.45) is 11.1 Å². The smallest absolute Gasteiger partial charge is 0.334 e. The maximum atomic E-state index is 11.6. The van der Waals surface area contributed by atoms with E-state index >= 15 is 0 Å². The predicted octanol–water partition coefficient (Wildman–Crippen LogP) is 3.71. The lowest BCUT2D eigenvalue weighted by Gasteiger charge is -2.03. The molecule has 4 rings (SSSR count). The molecular formula is C18H16N2O2. The van der Waals surface area contributed by atoms with E-state index in [9.17, 15) is 4.79 Å². The molecule has 0 N–H and O–H groups in total. The van der Waals surface area contributed by atoms with Crippen molar-refractivity contribution < 1.29 is 9.63 Å². The van der Waals surface area contributed by atoms with Gasteiger partial charge in [-0.1, -0.05) is 55.4 Å². The SMILES string of the molecule is CC(C)C(=O)O/N=C1\Cn2c3ccccc3c3cccc1c32. The molecule has 0 saturated carbocycles. The summed E-state index contributed by atoms with van der Waals surface area (Å²) in [6.07, 6.45) is 0. The number of hydrogen-bond acceptors (Lipinski definition) is 3. The van der Waals surface area contributed by atoms with E-state index in [4.69, 9.17) is 4.84 Å². The van der Waals surface area contributed by atoms with Gasteiger partial charge in [-0.25, -0.2) is 4.79 Å². The fraction of sp³-hybridized carbons (Fsp3) is 0.222. The van der Waals surface area contributed by atoms with Gasteiger partial charge < -0.3 is 9.40 Å². The van der Waals surface area contributed by atoms with E-state index in [0.29, 0.717) is 6.54 Å². The second-order valence-electron chi connectivity index (χ2n) is 5.91. The zero-order chi connectivity index (χ0) is 15.3. The van der Waals surface area contributed by atoms with E-state index in [1.165, 1.54) is 21.8 Å². The predicted molar refractivity (Wildman–Crippen MR) is 86.9 cm³/mol. The number of benzene rings is 2. The maximum absolute atomic E-state index is 11.6. The van der Waals surface area contributed by atoms with Crippen molar-refractivity contribution >= 4 is 33.5 Å². The van der Waals surface area contributed by atoms with Crippen molar-refractivity contribution in [2.45, 2.75) is 20.4 Å². The van der Waals surface area contributed by atoms with E-state index in [1.54, 1.807) is 13.8 Å². The minimum absolute atomic E-state index is 0.179. The summed E-state index contributed by atoms with van der Waals surface area (Å²) in [5.41, 5.74) is 4.21.